The number of rotatable bonds is 63. The van der Waals surface area contributed by atoms with Crippen molar-refractivity contribution in [2.24, 2.45) is 0 Å². The molecule has 0 aromatic heterocycles. The van der Waals surface area contributed by atoms with Crippen molar-refractivity contribution in [3.05, 3.63) is 12.2 Å². The van der Waals surface area contributed by atoms with Crippen molar-refractivity contribution in [1.29, 1.82) is 0 Å². The number of carbonyl (C=O) groups excluding carboxylic acids is 1. The topological polar surface area (TPSA) is 110 Å². The molecule has 0 radical (unpaired) electrons. The Bertz CT molecular complexity index is 1070. The lowest BCUT2D eigenvalue weighted by Crippen LogP contribution is -2.53. The lowest BCUT2D eigenvalue weighted by Gasteiger charge is -2.27. The fourth-order valence-corrected chi connectivity index (χ4v) is 11.0. The third-order valence-electron chi connectivity index (χ3n) is 16.2. The molecule has 4 atom stereocenters. The van der Waals surface area contributed by atoms with Crippen LogP contribution in [0.15, 0.2) is 12.2 Å². The van der Waals surface area contributed by atoms with Gasteiger partial charge in [-0.1, -0.05) is 353 Å². The highest BCUT2D eigenvalue weighted by atomic mass is 16.3. The van der Waals surface area contributed by atoms with Crippen LogP contribution in [0.2, 0.25) is 0 Å². The number of carbonyl (C=O) groups is 1. The van der Waals surface area contributed by atoms with Crippen LogP contribution < -0.4 is 5.32 Å². The highest BCUT2D eigenvalue weighted by molar-refractivity contribution is 5.80. The number of hydrogen-bond acceptors (Lipinski definition) is 5. The Kier molecular flexibility index (Phi) is 61.1. The molecule has 0 aliphatic rings. The molecule has 0 aliphatic heterocycles. The number of aliphatic hydroxyl groups is 4. The van der Waals surface area contributed by atoms with Crippen molar-refractivity contribution < 1.29 is 25.2 Å². The summed E-state index contributed by atoms with van der Waals surface area (Å²) in [4.78, 5) is 12.6. The first-order valence-corrected chi connectivity index (χ1v) is 33.6. The Labute approximate surface area is 457 Å². The second-order valence-electron chi connectivity index (χ2n) is 23.5. The van der Waals surface area contributed by atoms with E-state index < -0.39 is 36.9 Å². The average Bonchev–Trinajstić information content (AvgIpc) is 3.40. The molecule has 0 spiro atoms. The van der Waals surface area contributed by atoms with Crippen LogP contribution in [-0.2, 0) is 4.79 Å². The van der Waals surface area contributed by atoms with Crippen LogP contribution in [0.3, 0.4) is 0 Å². The summed E-state index contributed by atoms with van der Waals surface area (Å²) in [7, 11) is 0. The van der Waals surface area contributed by atoms with Gasteiger partial charge in [-0.25, -0.2) is 0 Å². The zero-order valence-corrected chi connectivity index (χ0v) is 49.7. The predicted octanol–water partition coefficient (Wildman–Crippen LogP) is 20.4. The molecule has 4 unspecified atom stereocenters. The smallest absolute Gasteiger partial charge is 0.249 e. The first-order valence-electron chi connectivity index (χ1n) is 33.6. The maximum Gasteiger partial charge on any atom is 0.249 e. The van der Waals surface area contributed by atoms with Crippen molar-refractivity contribution in [1.82, 2.24) is 5.32 Å². The van der Waals surface area contributed by atoms with E-state index in [9.17, 15) is 25.2 Å². The SMILES string of the molecule is CCCCCCCCCCCCCCCCCCCCCCCCCCCCC/C=C/CCCC(O)C(O)C(CO)NC(=O)C(O)CCCCCCCCCCCCCCCCCCCCCCCCCCC. The van der Waals surface area contributed by atoms with Gasteiger partial charge in [0, 0.05) is 0 Å². The summed E-state index contributed by atoms with van der Waals surface area (Å²) < 4.78 is 0. The summed E-state index contributed by atoms with van der Waals surface area (Å²) in [5, 5.41) is 44.2. The van der Waals surface area contributed by atoms with Gasteiger partial charge in [-0.3, -0.25) is 4.79 Å². The van der Waals surface area contributed by atoms with Crippen LogP contribution in [0, 0.1) is 0 Å². The molecule has 6 nitrogen and oxygen atoms in total. The van der Waals surface area contributed by atoms with Crippen LogP contribution in [0.1, 0.15) is 380 Å². The zero-order chi connectivity index (χ0) is 53.0. The highest BCUT2D eigenvalue weighted by Gasteiger charge is 2.28. The lowest BCUT2D eigenvalue weighted by molar-refractivity contribution is -0.132. The summed E-state index contributed by atoms with van der Waals surface area (Å²) >= 11 is 0. The number of nitrogens with one attached hydrogen (secondary N) is 1. The van der Waals surface area contributed by atoms with E-state index in [2.05, 4.69) is 31.3 Å². The molecule has 436 valence electrons. The van der Waals surface area contributed by atoms with Crippen LogP contribution in [0.4, 0.5) is 0 Å². The van der Waals surface area contributed by atoms with E-state index in [1.807, 2.05) is 0 Å². The van der Waals surface area contributed by atoms with Gasteiger partial charge in [0.2, 0.25) is 5.91 Å². The van der Waals surface area contributed by atoms with Crippen LogP contribution in [-0.4, -0.2) is 57.3 Å². The number of allylic oxidation sites excluding steroid dienone is 2. The average molecular weight is 1030 g/mol. The summed E-state index contributed by atoms with van der Waals surface area (Å²) in [6.07, 6.45) is 76.2. The molecule has 0 aromatic carbocycles. The molecule has 0 aromatic rings. The van der Waals surface area contributed by atoms with Crippen LogP contribution >= 0.6 is 0 Å². The van der Waals surface area contributed by atoms with Gasteiger partial charge in [0.15, 0.2) is 0 Å². The van der Waals surface area contributed by atoms with E-state index in [0.717, 1.165) is 38.5 Å². The monoisotopic (exact) mass is 1030 g/mol. The molecule has 73 heavy (non-hydrogen) atoms. The Morgan fingerprint density at radius 1 is 0.329 bits per heavy atom. The molecule has 1 amide bonds. The zero-order valence-electron chi connectivity index (χ0n) is 49.7. The highest BCUT2D eigenvalue weighted by Crippen LogP contribution is 2.19. The van der Waals surface area contributed by atoms with Gasteiger partial charge in [-0.05, 0) is 38.5 Å². The molecule has 5 N–H and O–H groups in total. The van der Waals surface area contributed by atoms with Crippen LogP contribution in [0.25, 0.3) is 0 Å². The molecule has 6 heteroatoms. The van der Waals surface area contributed by atoms with Crippen molar-refractivity contribution in [2.45, 2.75) is 404 Å². The second kappa shape index (κ2) is 61.9. The van der Waals surface area contributed by atoms with E-state index in [-0.39, 0.29) is 0 Å². The Morgan fingerprint density at radius 3 is 0.822 bits per heavy atom. The third-order valence-corrected chi connectivity index (χ3v) is 16.2. The van der Waals surface area contributed by atoms with Crippen LogP contribution in [0.5, 0.6) is 0 Å². The molecule has 0 rings (SSSR count). The van der Waals surface area contributed by atoms with Crippen molar-refractivity contribution in [3.8, 4) is 0 Å². The molecule has 0 bridgehead atoms. The summed E-state index contributed by atoms with van der Waals surface area (Å²) in [5.74, 6) is -0.584. The van der Waals surface area contributed by atoms with E-state index >= 15 is 0 Å². The fourth-order valence-electron chi connectivity index (χ4n) is 11.0. The summed E-state index contributed by atoms with van der Waals surface area (Å²) in [5.41, 5.74) is 0. The predicted molar refractivity (Wildman–Crippen MR) is 321 cm³/mol. The molecule has 0 saturated heterocycles. The van der Waals surface area contributed by atoms with Gasteiger partial charge in [-0.2, -0.15) is 0 Å². The normalized spacial score (nSPS) is 13.6. The first kappa shape index (κ1) is 72.0. The van der Waals surface area contributed by atoms with Gasteiger partial charge in [0.05, 0.1) is 18.8 Å². The first-order chi connectivity index (χ1) is 36.0. The minimum absolute atomic E-state index is 0.369. The Hall–Kier alpha value is -0.950. The minimum atomic E-state index is -1.28. The minimum Gasteiger partial charge on any atom is -0.394 e. The van der Waals surface area contributed by atoms with Gasteiger partial charge in [0.25, 0.3) is 0 Å². The standard InChI is InChI=1S/C67H133NO5/c1-3-5-7-9-11-13-15-17-19-21-23-25-27-29-30-31-32-33-34-35-37-38-40-42-44-46-48-50-52-54-56-58-60-64(70)66(72)63(62-69)68-67(73)65(71)61-59-57-55-53-51-49-47-45-43-41-39-36-28-26-24-22-20-18-16-14-12-10-8-6-4-2/h52,54,63-66,69-72H,3-51,53,55-62H2,1-2H3,(H,68,73)/b54-52+. The van der Waals surface area contributed by atoms with Crippen molar-refractivity contribution in [2.75, 3.05) is 6.61 Å². The number of hydrogen-bond donors (Lipinski definition) is 5. The maximum absolute atomic E-state index is 12.6. The molecule has 0 fully saturated rings. The molecule has 0 heterocycles. The molecule has 0 aliphatic carbocycles. The molecular formula is C67H133NO5. The van der Waals surface area contributed by atoms with Gasteiger partial charge in [0.1, 0.15) is 12.2 Å². The van der Waals surface area contributed by atoms with E-state index in [4.69, 9.17) is 0 Å². The van der Waals surface area contributed by atoms with Gasteiger partial charge >= 0.3 is 0 Å². The summed E-state index contributed by atoms with van der Waals surface area (Å²) in [6.45, 7) is 4.10. The van der Waals surface area contributed by atoms with Gasteiger partial charge < -0.3 is 25.7 Å². The number of aliphatic hydroxyl groups excluding tert-OH is 4. The Balaban J connectivity index is 3.55. The summed E-state index contributed by atoms with van der Waals surface area (Å²) in [6, 6.07) is -1.000. The second-order valence-corrected chi connectivity index (χ2v) is 23.5. The number of amides is 1. The van der Waals surface area contributed by atoms with E-state index in [1.165, 1.54) is 315 Å². The van der Waals surface area contributed by atoms with Crippen molar-refractivity contribution in [3.63, 3.8) is 0 Å². The van der Waals surface area contributed by atoms with Gasteiger partial charge in [-0.15, -0.1) is 0 Å². The fraction of sp³-hybridized carbons (Fsp3) is 0.955. The van der Waals surface area contributed by atoms with E-state index in [1.54, 1.807) is 0 Å². The van der Waals surface area contributed by atoms with E-state index in [0.29, 0.717) is 12.8 Å². The third kappa shape index (κ3) is 55.6. The molecular weight excluding hydrogens is 899 g/mol. The quantitative estimate of drug-likeness (QED) is 0.0308. The molecule has 0 saturated carbocycles. The van der Waals surface area contributed by atoms with Crippen molar-refractivity contribution >= 4 is 5.91 Å². The Morgan fingerprint density at radius 2 is 0.562 bits per heavy atom. The maximum atomic E-state index is 12.6. The number of unbranched alkanes of at least 4 members (excludes halogenated alkanes) is 52. The lowest BCUT2D eigenvalue weighted by atomic mass is 10.00. The largest absolute Gasteiger partial charge is 0.394 e.